The summed E-state index contributed by atoms with van der Waals surface area (Å²) in [7, 11) is 0. The van der Waals surface area contributed by atoms with Crippen LogP contribution in [0.4, 0.5) is 11.4 Å². The van der Waals surface area contributed by atoms with Gasteiger partial charge in [0, 0.05) is 31.4 Å². The Morgan fingerprint density at radius 3 is 3.04 bits per heavy atom. The minimum Gasteiger partial charge on any atom is -0.370 e. The quantitative estimate of drug-likeness (QED) is 0.738. The van der Waals surface area contributed by atoms with Gasteiger partial charge in [-0.1, -0.05) is 27.2 Å². The Hall–Kier alpha value is -1.56. The van der Waals surface area contributed by atoms with Crippen LogP contribution in [0.3, 0.4) is 0 Å². The molecular formula is C19H27BrN4O. The molecule has 2 aromatic heterocycles. The van der Waals surface area contributed by atoms with Gasteiger partial charge in [-0.05, 0) is 41.1 Å². The van der Waals surface area contributed by atoms with E-state index in [4.69, 9.17) is 0 Å². The second kappa shape index (κ2) is 7.77. The zero-order valence-corrected chi connectivity index (χ0v) is 16.8. The van der Waals surface area contributed by atoms with Crippen LogP contribution >= 0.6 is 15.9 Å². The van der Waals surface area contributed by atoms with Gasteiger partial charge in [0.1, 0.15) is 5.65 Å². The average molecular weight is 407 g/mol. The van der Waals surface area contributed by atoms with E-state index in [9.17, 15) is 4.79 Å². The monoisotopic (exact) mass is 406 g/mol. The van der Waals surface area contributed by atoms with Crippen LogP contribution < -0.4 is 10.2 Å². The Balaban J connectivity index is 2.00. The number of halogens is 1. The summed E-state index contributed by atoms with van der Waals surface area (Å²) in [5.74, 6) is 0.702. The van der Waals surface area contributed by atoms with Crippen molar-refractivity contribution < 1.29 is 4.79 Å². The van der Waals surface area contributed by atoms with Crippen LogP contribution in [-0.4, -0.2) is 29.0 Å². The van der Waals surface area contributed by atoms with E-state index in [2.05, 4.69) is 43.0 Å². The number of carbonyl (C=O) groups is 1. The fourth-order valence-corrected chi connectivity index (χ4v) is 4.20. The highest BCUT2D eigenvalue weighted by molar-refractivity contribution is 9.10. The molecule has 2 aromatic rings. The van der Waals surface area contributed by atoms with Crippen LogP contribution in [-0.2, 0) is 4.79 Å². The maximum Gasteiger partial charge on any atom is 0.226 e. The summed E-state index contributed by atoms with van der Waals surface area (Å²) in [6, 6.07) is 0. The molecule has 0 saturated carbocycles. The maximum absolute atomic E-state index is 12.2. The number of hydrogen-bond acceptors (Lipinski definition) is 3. The van der Waals surface area contributed by atoms with Crippen molar-refractivity contribution in [1.82, 2.24) is 9.97 Å². The molecule has 0 aromatic carbocycles. The van der Waals surface area contributed by atoms with E-state index in [1.54, 1.807) is 0 Å². The number of anilines is 2. The number of piperidine rings is 1. The fourth-order valence-electron chi connectivity index (χ4n) is 3.65. The van der Waals surface area contributed by atoms with Crippen LogP contribution in [0, 0.1) is 11.8 Å². The Labute approximate surface area is 157 Å². The molecule has 6 heteroatoms. The first kappa shape index (κ1) is 18.2. The van der Waals surface area contributed by atoms with Crippen molar-refractivity contribution in [3.8, 4) is 0 Å². The normalized spacial score (nSPS) is 18.1. The van der Waals surface area contributed by atoms with Crippen LogP contribution in [0.1, 0.15) is 46.5 Å². The highest BCUT2D eigenvalue weighted by Crippen LogP contribution is 2.40. The van der Waals surface area contributed by atoms with E-state index >= 15 is 0 Å². The zero-order chi connectivity index (χ0) is 18.0. The molecule has 0 radical (unpaired) electrons. The highest BCUT2D eigenvalue weighted by atomic mass is 79.9. The van der Waals surface area contributed by atoms with E-state index in [1.165, 1.54) is 25.7 Å². The van der Waals surface area contributed by atoms with Crippen molar-refractivity contribution in [3.63, 3.8) is 0 Å². The van der Waals surface area contributed by atoms with E-state index in [-0.39, 0.29) is 11.8 Å². The lowest BCUT2D eigenvalue weighted by atomic mass is 9.93. The largest absolute Gasteiger partial charge is 0.370 e. The van der Waals surface area contributed by atoms with Gasteiger partial charge in [0.05, 0.1) is 21.2 Å². The van der Waals surface area contributed by atoms with Crippen molar-refractivity contribution in [2.24, 2.45) is 11.8 Å². The number of nitrogens with zero attached hydrogens (tertiary/aromatic N) is 2. The molecule has 0 unspecified atom stereocenters. The van der Waals surface area contributed by atoms with Crippen LogP contribution in [0.15, 0.2) is 16.9 Å². The Morgan fingerprint density at radius 1 is 1.52 bits per heavy atom. The molecule has 0 bridgehead atoms. The molecule has 3 rings (SSSR count). The van der Waals surface area contributed by atoms with Gasteiger partial charge in [-0.3, -0.25) is 4.79 Å². The summed E-state index contributed by atoms with van der Waals surface area (Å²) >= 11 is 3.70. The Morgan fingerprint density at radius 2 is 2.32 bits per heavy atom. The molecule has 1 fully saturated rings. The van der Waals surface area contributed by atoms with E-state index in [1.807, 2.05) is 26.2 Å². The molecule has 136 valence electrons. The SMILES string of the molecule is CCC[C@@H]1CCCN(c2c(Br)cnc3[nH]cc(NC(=O)C(C)C)c23)C1. The molecule has 1 aliphatic heterocycles. The third-order valence-electron chi connectivity index (χ3n) is 4.94. The standard InChI is InChI=1S/C19H27BrN4O/c1-4-6-13-7-5-8-24(11-13)17-14(20)9-21-18-16(17)15(10-22-18)23-19(25)12(2)3/h9-10,12-13H,4-8,11H2,1-3H3,(H,21,22)(H,23,25)/t13-/m1/s1. The molecule has 1 atom stereocenters. The van der Waals surface area contributed by atoms with Gasteiger partial charge in [-0.15, -0.1) is 0 Å². The summed E-state index contributed by atoms with van der Waals surface area (Å²) < 4.78 is 0.983. The van der Waals surface area contributed by atoms with E-state index in [0.717, 1.165) is 45.9 Å². The first-order chi connectivity index (χ1) is 12.0. The molecular weight excluding hydrogens is 380 g/mol. The number of aromatic amines is 1. The van der Waals surface area contributed by atoms with Crippen molar-refractivity contribution in [2.45, 2.75) is 46.5 Å². The van der Waals surface area contributed by atoms with Gasteiger partial charge in [-0.2, -0.15) is 0 Å². The third kappa shape index (κ3) is 3.84. The zero-order valence-electron chi connectivity index (χ0n) is 15.2. The lowest BCUT2D eigenvalue weighted by molar-refractivity contribution is -0.118. The molecule has 1 amide bonds. The predicted molar refractivity (Wildman–Crippen MR) is 107 cm³/mol. The minimum atomic E-state index is -0.0579. The number of amides is 1. The second-order valence-corrected chi connectivity index (χ2v) is 8.12. The van der Waals surface area contributed by atoms with Crippen molar-refractivity contribution in [1.29, 1.82) is 0 Å². The van der Waals surface area contributed by atoms with Crippen molar-refractivity contribution >= 4 is 44.2 Å². The summed E-state index contributed by atoms with van der Waals surface area (Å²) in [6.07, 6.45) is 8.71. The molecule has 2 N–H and O–H groups in total. The molecule has 25 heavy (non-hydrogen) atoms. The van der Waals surface area contributed by atoms with Crippen molar-refractivity contribution in [3.05, 3.63) is 16.9 Å². The number of H-pyrrole nitrogens is 1. The Kier molecular flexibility index (Phi) is 5.67. The van der Waals surface area contributed by atoms with Gasteiger partial charge in [0.15, 0.2) is 0 Å². The lowest BCUT2D eigenvalue weighted by Gasteiger charge is -2.35. The average Bonchev–Trinajstić information content (AvgIpc) is 2.98. The number of rotatable bonds is 5. The Bertz CT molecular complexity index is 753. The van der Waals surface area contributed by atoms with E-state index < -0.39 is 0 Å². The van der Waals surface area contributed by atoms with Gasteiger partial charge in [0.25, 0.3) is 0 Å². The van der Waals surface area contributed by atoms with E-state index in [0.29, 0.717) is 0 Å². The fraction of sp³-hybridized carbons (Fsp3) is 0.579. The summed E-state index contributed by atoms with van der Waals surface area (Å²) in [5, 5.41) is 4.05. The molecule has 5 nitrogen and oxygen atoms in total. The number of carbonyl (C=O) groups excluding carboxylic acids is 1. The van der Waals surface area contributed by atoms with Crippen molar-refractivity contribution in [2.75, 3.05) is 23.3 Å². The van der Waals surface area contributed by atoms with Crippen LogP contribution in [0.25, 0.3) is 11.0 Å². The summed E-state index contributed by atoms with van der Waals surface area (Å²) in [4.78, 5) is 22.3. The summed E-state index contributed by atoms with van der Waals surface area (Å²) in [5.41, 5.74) is 2.77. The topological polar surface area (TPSA) is 61.0 Å². The number of fused-ring (bicyclic) bond motifs is 1. The second-order valence-electron chi connectivity index (χ2n) is 7.27. The van der Waals surface area contributed by atoms with Crippen LogP contribution in [0.2, 0.25) is 0 Å². The van der Waals surface area contributed by atoms with Gasteiger partial charge in [-0.25, -0.2) is 4.98 Å². The third-order valence-corrected chi connectivity index (χ3v) is 5.52. The smallest absolute Gasteiger partial charge is 0.226 e. The molecule has 3 heterocycles. The van der Waals surface area contributed by atoms with Gasteiger partial charge < -0.3 is 15.2 Å². The molecule has 1 aliphatic rings. The molecule has 1 saturated heterocycles. The van der Waals surface area contributed by atoms with Gasteiger partial charge in [0.2, 0.25) is 5.91 Å². The number of aromatic nitrogens is 2. The summed E-state index contributed by atoms with van der Waals surface area (Å²) in [6.45, 7) is 8.17. The maximum atomic E-state index is 12.2. The predicted octanol–water partition coefficient (Wildman–Crippen LogP) is 4.94. The van der Waals surface area contributed by atoms with Crippen LogP contribution in [0.5, 0.6) is 0 Å². The lowest BCUT2D eigenvalue weighted by Crippen LogP contribution is -2.35. The highest BCUT2D eigenvalue weighted by Gasteiger charge is 2.25. The number of hydrogen-bond donors (Lipinski definition) is 2. The minimum absolute atomic E-state index is 0.0225. The molecule has 0 aliphatic carbocycles. The first-order valence-electron chi connectivity index (χ1n) is 9.22. The van der Waals surface area contributed by atoms with Gasteiger partial charge >= 0.3 is 0 Å². The first-order valence-corrected chi connectivity index (χ1v) is 10.0. The number of pyridine rings is 1. The molecule has 0 spiro atoms. The number of nitrogens with one attached hydrogen (secondary N) is 2.